The fourth-order valence-corrected chi connectivity index (χ4v) is 4.27. The summed E-state index contributed by atoms with van der Waals surface area (Å²) >= 11 is 1.58. The lowest BCUT2D eigenvalue weighted by molar-refractivity contribution is 0.872. The summed E-state index contributed by atoms with van der Waals surface area (Å²) in [5, 5.41) is 1.47. The van der Waals surface area contributed by atoms with Gasteiger partial charge in [-0.3, -0.25) is 4.79 Å². The average molecular weight is 338 g/mol. The molecule has 0 saturated carbocycles. The van der Waals surface area contributed by atoms with Crippen molar-refractivity contribution in [2.45, 2.75) is 34.1 Å². The molecule has 24 heavy (non-hydrogen) atoms. The van der Waals surface area contributed by atoms with E-state index in [9.17, 15) is 4.79 Å². The summed E-state index contributed by atoms with van der Waals surface area (Å²) in [6.07, 6.45) is 0.988. The third-order valence-electron chi connectivity index (χ3n) is 4.10. The van der Waals surface area contributed by atoms with Crippen molar-refractivity contribution in [1.29, 1.82) is 0 Å². The quantitative estimate of drug-likeness (QED) is 0.661. The molecule has 0 bridgehead atoms. The van der Waals surface area contributed by atoms with Gasteiger partial charge in [0.1, 0.15) is 0 Å². The summed E-state index contributed by atoms with van der Waals surface area (Å²) in [4.78, 5) is 19.0. The summed E-state index contributed by atoms with van der Waals surface area (Å²) in [7, 11) is 0. The third kappa shape index (κ3) is 3.06. The zero-order chi connectivity index (χ0) is 17.3. The Bertz CT molecular complexity index is 923. The second-order valence-corrected chi connectivity index (χ2v) is 7.21. The second kappa shape index (κ2) is 6.73. The number of aromatic nitrogens is 1. The summed E-state index contributed by atoms with van der Waals surface area (Å²) < 4.78 is 0.982. The van der Waals surface area contributed by atoms with E-state index in [2.05, 4.69) is 49.7 Å². The van der Waals surface area contributed by atoms with E-state index in [0.29, 0.717) is 5.39 Å². The van der Waals surface area contributed by atoms with Crippen molar-refractivity contribution in [3.05, 3.63) is 63.4 Å². The zero-order valence-corrected chi connectivity index (χ0v) is 15.4. The molecule has 0 radical (unpaired) electrons. The van der Waals surface area contributed by atoms with E-state index in [1.807, 2.05) is 24.3 Å². The van der Waals surface area contributed by atoms with Crippen LogP contribution in [0.2, 0.25) is 0 Å². The topological polar surface area (TPSA) is 33.2 Å². The van der Waals surface area contributed by atoms with Gasteiger partial charge in [-0.15, -0.1) is 0 Å². The second-order valence-electron chi connectivity index (χ2n) is 6.20. The standard InChI is InChI=1S/C20H22N2OS/c1-5-10-22(18-14(3)11-13(2)12-15(18)4)20-21-19(23)16-8-6-7-9-17(16)24-20/h6-9,11-12H,5,10H2,1-4H3. The van der Waals surface area contributed by atoms with Gasteiger partial charge in [-0.25, -0.2) is 0 Å². The van der Waals surface area contributed by atoms with Gasteiger partial charge in [0.15, 0.2) is 5.13 Å². The molecule has 0 aliphatic carbocycles. The predicted octanol–water partition coefficient (Wildman–Crippen LogP) is 5.13. The van der Waals surface area contributed by atoms with Crippen LogP contribution >= 0.6 is 11.3 Å². The van der Waals surface area contributed by atoms with Crippen molar-refractivity contribution in [2.75, 3.05) is 11.4 Å². The first-order valence-electron chi connectivity index (χ1n) is 8.26. The molecule has 3 rings (SSSR count). The largest absolute Gasteiger partial charge is 0.317 e. The molecule has 0 N–H and O–H groups in total. The SMILES string of the molecule is CCCN(c1nc(=O)c2ccccc2s1)c1c(C)cc(C)cc1C. The number of rotatable bonds is 4. The lowest BCUT2D eigenvalue weighted by Crippen LogP contribution is -2.23. The fourth-order valence-electron chi connectivity index (χ4n) is 3.24. The normalized spacial score (nSPS) is 11.0. The van der Waals surface area contributed by atoms with Gasteiger partial charge in [0.2, 0.25) is 0 Å². The summed E-state index contributed by atoms with van der Waals surface area (Å²) in [5.74, 6) is 0. The van der Waals surface area contributed by atoms with Crippen LogP contribution in [-0.4, -0.2) is 11.5 Å². The molecule has 0 fully saturated rings. The minimum absolute atomic E-state index is 0.150. The number of nitrogens with zero attached hydrogens (tertiary/aromatic N) is 2. The van der Waals surface area contributed by atoms with Crippen molar-refractivity contribution in [3.63, 3.8) is 0 Å². The van der Waals surface area contributed by atoms with Gasteiger partial charge in [0.25, 0.3) is 5.56 Å². The third-order valence-corrected chi connectivity index (χ3v) is 5.17. The molecule has 3 nitrogen and oxygen atoms in total. The molecule has 2 aromatic carbocycles. The molecule has 124 valence electrons. The van der Waals surface area contributed by atoms with Crippen LogP contribution in [0, 0.1) is 20.8 Å². The maximum Gasteiger partial charge on any atom is 0.281 e. The number of fused-ring (bicyclic) bond motifs is 1. The molecular formula is C20H22N2OS. The minimum Gasteiger partial charge on any atom is -0.317 e. The van der Waals surface area contributed by atoms with Crippen LogP contribution in [-0.2, 0) is 0 Å². The zero-order valence-electron chi connectivity index (χ0n) is 14.6. The molecule has 3 aromatic rings. The number of anilines is 2. The van der Waals surface area contributed by atoms with Crippen LogP contribution in [0.5, 0.6) is 0 Å². The van der Waals surface area contributed by atoms with Gasteiger partial charge in [-0.1, -0.05) is 48.1 Å². The van der Waals surface area contributed by atoms with E-state index in [-0.39, 0.29) is 5.56 Å². The van der Waals surface area contributed by atoms with Crippen molar-refractivity contribution < 1.29 is 0 Å². The summed E-state index contributed by atoms with van der Waals surface area (Å²) in [6, 6.07) is 12.1. The summed E-state index contributed by atoms with van der Waals surface area (Å²) in [6.45, 7) is 9.35. The Kier molecular flexibility index (Phi) is 4.67. The van der Waals surface area contributed by atoms with E-state index in [4.69, 9.17) is 0 Å². The maximum atomic E-state index is 12.4. The van der Waals surface area contributed by atoms with E-state index in [1.165, 1.54) is 22.4 Å². The molecule has 1 heterocycles. The summed E-state index contributed by atoms with van der Waals surface area (Å²) in [5.41, 5.74) is 4.71. The van der Waals surface area contributed by atoms with Crippen LogP contribution in [0.3, 0.4) is 0 Å². The molecule has 0 saturated heterocycles. The molecule has 4 heteroatoms. The van der Waals surface area contributed by atoms with Gasteiger partial charge in [0.05, 0.1) is 5.39 Å². The first kappa shape index (κ1) is 16.7. The van der Waals surface area contributed by atoms with Crippen molar-refractivity contribution >= 4 is 32.2 Å². The Balaban J connectivity index is 2.21. The Morgan fingerprint density at radius 2 is 1.75 bits per heavy atom. The highest BCUT2D eigenvalue weighted by Gasteiger charge is 2.17. The predicted molar refractivity (Wildman–Crippen MR) is 104 cm³/mol. The van der Waals surface area contributed by atoms with Gasteiger partial charge in [-0.2, -0.15) is 4.98 Å². The van der Waals surface area contributed by atoms with E-state index in [1.54, 1.807) is 11.3 Å². The van der Waals surface area contributed by atoms with Crippen LogP contribution in [0.4, 0.5) is 10.8 Å². The number of hydrogen-bond acceptors (Lipinski definition) is 4. The highest BCUT2D eigenvalue weighted by Crippen LogP contribution is 2.34. The Morgan fingerprint density at radius 3 is 2.42 bits per heavy atom. The fraction of sp³-hybridized carbons (Fsp3) is 0.300. The van der Waals surface area contributed by atoms with Crippen molar-refractivity contribution in [1.82, 2.24) is 4.98 Å². The lowest BCUT2D eigenvalue weighted by Gasteiger charge is -2.26. The average Bonchev–Trinajstić information content (AvgIpc) is 2.53. The van der Waals surface area contributed by atoms with Crippen molar-refractivity contribution in [3.8, 4) is 0 Å². The molecule has 0 amide bonds. The number of benzene rings is 2. The highest BCUT2D eigenvalue weighted by atomic mass is 32.1. The van der Waals surface area contributed by atoms with E-state index < -0.39 is 0 Å². The molecule has 0 spiro atoms. The maximum absolute atomic E-state index is 12.4. The van der Waals surface area contributed by atoms with Crippen LogP contribution in [0.1, 0.15) is 30.0 Å². The molecular weight excluding hydrogens is 316 g/mol. The highest BCUT2D eigenvalue weighted by molar-refractivity contribution is 7.21. The van der Waals surface area contributed by atoms with Gasteiger partial charge in [0, 0.05) is 16.9 Å². The van der Waals surface area contributed by atoms with E-state index >= 15 is 0 Å². The minimum atomic E-state index is -0.150. The van der Waals surface area contributed by atoms with Crippen molar-refractivity contribution in [2.24, 2.45) is 0 Å². The number of aryl methyl sites for hydroxylation is 3. The lowest BCUT2D eigenvalue weighted by atomic mass is 10.0. The van der Waals surface area contributed by atoms with Crippen LogP contribution < -0.4 is 10.5 Å². The molecule has 0 aliphatic rings. The Labute approximate surface area is 146 Å². The van der Waals surface area contributed by atoms with Crippen LogP contribution in [0.25, 0.3) is 10.1 Å². The molecule has 1 aromatic heterocycles. The first-order chi connectivity index (χ1) is 11.5. The van der Waals surface area contributed by atoms with Crippen LogP contribution in [0.15, 0.2) is 41.2 Å². The number of hydrogen-bond donors (Lipinski definition) is 0. The smallest absolute Gasteiger partial charge is 0.281 e. The monoisotopic (exact) mass is 338 g/mol. The Morgan fingerprint density at radius 1 is 1.08 bits per heavy atom. The molecule has 0 unspecified atom stereocenters. The molecule has 0 aliphatic heterocycles. The molecule has 0 atom stereocenters. The van der Waals surface area contributed by atoms with E-state index in [0.717, 1.165) is 22.8 Å². The first-order valence-corrected chi connectivity index (χ1v) is 9.08. The van der Waals surface area contributed by atoms with Gasteiger partial charge >= 0.3 is 0 Å². The van der Waals surface area contributed by atoms with Gasteiger partial charge < -0.3 is 4.90 Å². The van der Waals surface area contributed by atoms with Gasteiger partial charge in [-0.05, 0) is 50.5 Å². The Hall–Kier alpha value is -2.20.